The summed E-state index contributed by atoms with van der Waals surface area (Å²) in [5.74, 6) is -0.504. The highest BCUT2D eigenvalue weighted by atomic mass is 16.2. The molecule has 122 valence electrons. The first-order chi connectivity index (χ1) is 11.5. The lowest BCUT2D eigenvalue weighted by molar-refractivity contribution is 0.0939. The van der Waals surface area contributed by atoms with Gasteiger partial charge in [-0.1, -0.05) is 13.0 Å². The lowest BCUT2D eigenvalue weighted by atomic mass is 10.1. The second-order valence-electron chi connectivity index (χ2n) is 5.51. The minimum atomic E-state index is -0.308. The molecule has 2 N–H and O–H groups in total. The SMILES string of the molecule is CCC(C)NC(=O)c1cccc(C(=O)Nc2ccc(C#N)cc2)c1. The molecule has 0 fully saturated rings. The molecule has 0 aromatic heterocycles. The van der Waals surface area contributed by atoms with E-state index in [1.807, 2.05) is 19.9 Å². The average Bonchev–Trinajstić information content (AvgIpc) is 2.62. The molecule has 2 amide bonds. The normalized spacial score (nSPS) is 11.2. The fraction of sp³-hybridized carbons (Fsp3) is 0.211. The van der Waals surface area contributed by atoms with E-state index in [1.54, 1.807) is 48.5 Å². The van der Waals surface area contributed by atoms with Crippen molar-refractivity contribution in [2.24, 2.45) is 0 Å². The Morgan fingerprint density at radius 2 is 1.71 bits per heavy atom. The fourth-order valence-corrected chi connectivity index (χ4v) is 2.04. The van der Waals surface area contributed by atoms with Crippen molar-refractivity contribution in [3.8, 4) is 6.07 Å². The predicted molar refractivity (Wildman–Crippen MR) is 92.8 cm³/mol. The molecule has 24 heavy (non-hydrogen) atoms. The van der Waals surface area contributed by atoms with Gasteiger partial charge >= 0.3 is 0 Å². The highest BCUT2D eigenvalue weighted by Gasteiger charge is 2.12. The first-order valence-corrected chi connectivity index (χ1v) is 7.76. The monoisotopic (exact) mass is 321 g/mol. The maximum absolute atomic E-state index is 12.3. The highest BCUT2D eigenvalue weighted by molar-refractivity contribution is 6.06. The largest absolute Gasteiger partial charge is 0.350 e. The van der Waals surface area contributed by atoms with Gasteiger partial charge in [-0.2, -0.15) is 5.26 Å². The third-order valence-corrected chi connectivity index (χ3v) is 3.65. The molecule has 0 bridgehead atoms. The number of nitrogens with zero attached hydrogens (tertiary/aromatic N) is 1. The molecule has 2 aromatic carbocycles. The number of carbonyl (C=O) groups is 2. The summed E-state index contributed by atoms with van der Waals surface area (Å²) in [7, 11) is 0. The third kappa shape index (κ3) is 4.43. The molecule has 0 saturated heterocycles. The summed E-state index contributed by atoms with van der Waals surface area (Å²) in [5.41, 5.74) is 1.96. The molecule has 5 nitrogen and oxygen atoms in total. The quantitative estimate of drug-likeness (QED) is 0.886. The van der Waals surface area contributed by atoms with Crippen molar-refractivity contribution in [3.05, 3.63) is 65.2 Å². The van der Waals surface area contributed by atoms with Gasteiger partial charge < -0.3 is 10.6 Å². The van der Waals surface area contributed by atoms with Gasteiger partial charge in [-0.05, 0) is 55.8 Å². The third-order valence-electron chi connectivity index (χ3n) is 3.65. The van der Waals surface area contributed by atoms with Crippen molar-refractivity contribution >= 4 is 17.5 Å². The molecule has 0 aliphatic heterocycles. The number of hydrogen-bond donors (Lipinski definition) is 2. The summed E-state index contributed by atoms with van der Waals surface area (Å²) in [6, 6.07) is 15.3. The van der Waals surface area contributed by atoms with Crippen LogP contribution in [0.1, 0.15) is 46.5 Å². The Labute approximate surface area is 141 Å². The lowest BCUT2D eigenvalue weighted by Gasteiger charge is -2.12. The molecule has 0 saturated carbocycles. The number of nitrogens with one attached hydrogen (secondary N) is 2. The first kappa shape index (κ1) is 17.2. The minimum Gasteiger partial charge on any atom is -0.350 e. The Kier molecular flexibility index (Phi) is 5.69. The summed E-state index contributed by atoms with van der Waals surface area (Å²) in [4.78, 5) is 24.5. The van der Waals surface area contributed by atoms with Crippen molar-refractivity contribution in [1.82, 2.24) is 5.32 Å². The van der Waals surface area contributed by atoms with Crippen LogP contribution in [0.15, 0.2) is 48.5 Å². The van der Waals surface area contributed by atoms with Crippen LogP contribution in [0, 0.1) is 11.3 Å². The zero-order valence-electron chi connectivity index (χ0n) is 13.7. The van der Waals surface area contributed by atoms with Crippen molar-refractivity contribution in [1.29, 1.82) is 5.26 Å². The van der Waals surface area contributed by atoms with E-state index in [0.717, 1.165) is 6.42 Å². The number of hydrogen-bond acceptors (Lipinski definition) is 3. The molecule has 5 heteroatoms. The second kappa shape index (κ2) is 7.93. The van der Waals surface area contributed by atoms with E-state index in [9.17, 15) is 9.59 Å². The predicted octanol–water partition coefficient (Wildman–Crippen LogP) is 3.34. The van der Waals surface area contributed by atoms with E-state index in [2.05, 4.69) is 10.6 Å². The van der Waals surface area contributed by atoms with Crippen LogP contribution in [-0.4, -0.2) is 17.9 Å². The van der Waals surface area contributed by atoms with Crippen LogP contribution in [0.2, 0.25) is 0 Å². The molecular formula is C19H19N3O2. The maximum Gasteiger partial charge on any atom is 0.255 e. The van der Waals surface area contributed by atoms with Crippen LogP contribution in [-0.2, 0) is 0 Å². The van der Waals surface area contributed by atoms with E-state index in [0.29, 0.717) is 22.4 Å². The van der Waals surface area contributed by atoms with E-state index < -0.39 is 0 Å². The van der Waals surface area contributed by atoms with Crippen LogP contribution in [0.4, 0.5) is 5.69 Å². The van der Waals surface area contributed by atoms with E-state index in [4.69, 9.17) is 5.26 Å². The van der Waals surface area contributed by atoms with Gasteiger partial charge in [0.15, 0.2) is 0 Å². The number of nitriles is 1. The Morgan fingerprint density at radius 3 is 2.29 bits per heavy atom. The molecule has 2 rings (SSSR count). The number of carbonyl (C=O) groups excluding carboxylic acids is 2. The summed E-state index contributed by atoms with van der Waals surface area (Å²) in [6.45, 7) is 3.92. The van der Waals surface area contributed by atoms with Gasteiger partial charge in [-0.3, -0.25) is 9.59 Å². The van der Waals surface area contributed by atoms with E-state index in [-0.39, 0.29) is 17.9 Å². The molecule has 0 aliphatic rings. The van der Waals surface area contributed by atoms with Gasteiger partial charge in [0.05, 0.1) is 11.6 Å². The van der Waals surface area contributed by atoms with E-state index in [1.165, 1.54) is 0 Å². The van der Waals surface area contributed by atoms with Crippen molar-refractivity contribution in [2.75, 3.05) is 5.32 Å². The van der Waals surface area contributed by atoms with Gasteiger partial charge in [-0.25, -0.2) is 0 Å². The molecule has 1 atom stereocenters. The number of rotatable bonds is 5. The number of amides is 2. The van der Waals surface area contributed by atoms with Gasteiger partial charge in [0.25, 0.3) is 11.8 Å². The topological polar surface area (TPSA) is 82.0 Å². The Balaban J connectivity index is 2.10. The van der Waals surface area contributed by atoms with Gasteiger partial charge in [0.1, 0.15) is 0 Å². The van der Waals surface area contributed by atoms with Crippen molar-refractivity contribution in [3.63, 3.8) is 0 Å². The summed E-state index contributed by atoms with van der Waals surface area (Å²) >= 11 is 0. The van der Waals surface area contributed by atoms with Crippen molar-refractivity contribution in [2.45, 2.75) is 26.3 Å². The number of benzene rings is 2. The standard InChI is InChI=1S/C19H19N3O2/c1-3-13(2)21-18(23)15-5-4-6-16(11-15)19(24)22-17-9-7-14(12-20)8-10-17/h4-11,13H,3H2,1-2H3,(H,21,23)(H,22,24). The smallest absolute Gasteiger partial charge is 0.255 e. The van der Waals surface area contributed by atoms with Gasteiger partial charge in [-0.15, -0.1) is 0 Å². The van der Waals surface area contributed by atoms with Crippen LogP contribution < -0.4 is 10.6 Å². The minimum absolute atomic E-state index is 0.0774. The Bertz CT molecular complexity index is 776. The Hall–Kier alpha value is -3.13. The van der Waals surface area contributed by atoms with Crippen LogP contribution in [0.3, 0.4) is 0 Å². The van der Waals surface area contributed by atoms with Crippen LogP contribution >= 0.6 is 0 Å². The molecule has 1 unspecified atom stereocenters. The van der Waals surface area contributed by atoms with Gasteiger partial charge in [0, 0.05) is 22.9 Å². The fourth-order valence-electron chi connectivity index (χ4n) is 2.04. The van der Waals surface area contributed by atoms with Crippen molar-refractivity contribution < 1.29 is 9.59 Å². The molecule has 0 spiro atoms. The Morgan fingerprint density at radius 1 is 1.08 bits per heavy atom. The zero-order valence-corrected chi connectivity index (χ0v) is 13.7. The number of anilines is 1. The summed E-state index contributed by atoms with van der Waals surface area (Å²) in [5, 5.41) is 14.4. The molecule has 0 aliphatic carbocycles. The molecule has 0 radical (unpaired) electrons. The summed E-state index contributed by atoms with van der Waals surface area (Å²) in [6.07, 6.45) is 0.838. The molecule has 0 heterocycles. The molecular weight excluding hydrogens is 302 g/mol. The highest BCUT2D eigenvalue weighted by Crippen LogP contribution is 2.12. The van der Waals surface area contributed by atoms with E-state index >= 15 is 0 Å². The second-order valence-corrected chi connectivity index (χ2v) is 5.51. The van der Waals surface area contributed by atoms with Crippen LogP contribution in [0.25, 0.3) is 0 Å². The van der Waals surface area contributed by atoms with Gasteiger partial charge in [0.2, 0.25) is 0 Å². The first-order valence-electron chi connectivity index (χ1n) is 7.76. The maximum atomic E-state index is 12.3. The molecule has 2 aromatic rings. The lowest BCUT2D eigenvalue weighted by Crippen LogP contribution is -2.32. The van der Waals surface area contributed by atoms with Crippen LogP contribution in [0.5, 0.6) is 0 Å². The average molecular weight is 321 g/mol. The zero-order chi connectivity index (χ0) is 17.5. The summed E-state index contributed by atoms with van der Waals surface area (Å²) < 4.78 is 0.